The van der Waals surface area contributed by atoms with Gasteiger partial charge >= 0.3 is 0 Å². The Morgan fingerprint density at radius 1 is 1.47 bits per heavy atom. The summed E-state index contributed by atoms with van der Waals surface area (Å²) in [5.74, 6) is 0. The summed E-state index contributed by atoms with van der Waals surface area (Å²) in [4.78, 5) is 0. The van der Waals surface area contributed by atoms with Gasteiger partial charge < -0.3 is 15.1 Å². The second-order valence-electron chi connectivity index (χ2n) is 5.15. The Morgan fingerprint density at radius 2 is 2.41 bits per heavy atom. The van der Waals surface area contributed by atoms with Crippen molar-refractivity contribution in [2.45, 2.75) is 57.7 Å². The van der Waals surface area contributed by atoms with Gasteiger partial charge in [0.05, 0.1) is 12.5 Å². The van der Waals surface area contributed by atoms with E-state index in [1.807, 2.05) is 12.3 Å². The largest absolute Gasteiger partial charge is 0.472 e. The van der Waals surface area contributed by atoms with E-state index in [4.69, 9.17) is 4.42 Å². The first kappa shape index (κ1) is 12.7. The minimum Gasteiger partial charge on any atom is -0.472 e. The van der Waals surface area contributed by atoms with Gasteiger partial charge in [0.25, 0.3) is 0 Å². The van der Waals surface area contributed by atoms with E-state index in [2.05, 4.69) is 17.6 Å². The first-order chi connectivity index (χ1) is 8.34. The fraction of sp³-hybridized carbons (Fsp3) is 0.714. The molecule has 0 spiro atoms. The summed E-state index contributed by atoms with van der Waals surface area (Å²) in [5.41, 5.74) is 1.23. The summed E-state index contributed by atoms with van der Waals surface area (Å²) in [6.45, 7) is 4.37. The van der Waals surface area contributed by atoms with E-state index in [1.165, 1.54) is 44.2 Å². The molecular weight excluding hydrogens is 212 g/mol. The number of nitrogens with one attached hydrogen (secondary N) is 2. The molecule has 1 fully saturated rings. The Labute approximate surface area is 104 Å². The monoisotopic (exact) mass is 236 g/mol. The second kappa shape index (κ2) is 6.82. The quantitative estimate of drug-likeness (QED) is 0.825. The molecule has 0 radical (unpaired) electrons. The summed E-state index contributed by atoms with van der Waals surface area (Å²) in [5, 5.41) is 7.20. The van der Waals surface area contributed by atoms with Crippen molar-refractivity contribution in [3.05, 3.63) is 24.2 Å². The van der Waals surface area contributed by atoms with Gasteiger partial charge in [-0.3, -0.25) is 0 Å². The average molecular weight is 236 g/mol. The minimum atomic E-state index is 0.556. The van der Waals surface area contributed by atoms with Crippen LogP contribution < -0.4 is 10.6 Å². The maximum absolute atomic E-state index is 5.06. The van der Waals surface area contributed by atoms with Crippen LogP contribution in [-0.4, -0.2) is 18.6 Å². The van der Waals surface area contributed by atoms with Crippen molar-refractivity contribution >= 4 is 0 Å². The highest BCUT2D eigenvalue weighted by Crippen LogP contribution is 2.12. The van der Waals surface area contributed by atoms with Gasteiger partial charge in [-0.2, -0.15) is 0 Å². The lowest BCUT2D eigenvalue weighted by Gasteiger charge is -2.21. The van der Waals surface area contributed by atoms with Crippen LogP contribution in [0.25, 0.3) is 0 Å². The van der Waals surface area contributed by atoms with E-state index >= 15 is 0 Å². The maximum atomic E-state index is 5.06. The van der Waals surface area contributed by atoms with Crippen LogP contribution in [0.1, 0.15) is 44.6 Å². The third-order valence-corrected chi connectivity index (χ3v) is 3.54. The molecule has 1 aromatic heterocycles. The van der Waals surface area contributed by atoms with Gasteiger partial charge in [0.15, 0.2) is 0 Å². The molecule has 17 heavy (non-hydrogen) atoms. The minimum absolute atomic E-state index is 0.556. The molecule has 1 aromatic rings. The smallest absolute Gasteiger partial charge is 0.0947 e. The van der Waals surface area contributed by atoms with Gasteiger partial charge in [-0.15, -0.1) is 0 Å². The van der Waals surface area contributed by atoms with Gasteiger partial charge in [-0.1, -0.05) is 12.8 Å². The van der Waals surface area contributed by atoms with E-state index in [0.29, 0.717) is 12.1 Å². The molecule has 0 aromatic carbocycles. The first-order valence-electron chi connectivity index (χ1n) is 6.82. The Kier molecular flexibility index (Phi) is 5.08. The number of furan rings is 1. The van der Waals surface area contributed by atoms with E-state index < -0.39 is 0 Å². The van der Waals surface area contributed by atoms with Crippen molar-refractivity contribution in [3.63, 3.8) is 0 Å². The molecule has 0 amide bonds. The van der Waals surface area contributed by atoms with Gasteiger partial charge in [-0.25, -0.2) is 0 Å². The Hall–Kier alpha value is -0.800. The molecule has 0 aliphatic carbocycles. The van der Waals surface area contributed by atoms with E-state index in [9.17, 15) is 0 Å². The number of hydrogen-bond donors (Lipinski definition) is 2. The normalized spacial score (nSPS) is 23.2. The highest BCUT2D eigenvalue weighted by Gasteiger charge is 2.14. The topological polar surface area (TPSA) is 37.2 Å². The molecule has 2 atom stereocenters. The molecule has 1 aliphatic heterocycles. The summed E-state index contributed by atoms with van der Waals surface area (Å²) in [7, 11) is 0. The third-order valence-electron chi connectivity index (χ3n) is 3.54. The van der Waals surface area contributed by atoms with Gasteiger partial charge in [0.2, 0.25) is 0 Å². The summed E-state index contributed by atoms with van der Waals surface area (Å²) in [6.07, 6.45) is 10.2. The Morgan fingerprint density at radius 3 is 3.24 bits per heavy atom. The van der Waals surface area contributed by atoms with Gasteiger partial charge in [0, 0.05) is 24.2 Å². The Bertz CT molecular complexity index is 289. The molecule has 1 aliphatic rings. The molecule has 96 valence electrons. The number of hydrogen-bond acceptors (Lipinski definition) is 3. The van der Waals surface area contributed by atoms with Crippen LogP contribution in [0.5, 0.6) is 0 Å². The third kappa shape index (κ3) is 4.52. The summed E-state index contributed by atoms with van der Waals surface area (Å²) >= 11 is 0. The molecule has 0 bridgehead atoms. The van der Waals surface area contributed by atoms with Crippen LogP contribution >= 0.6 is 0 Å². The summed E-state index contributed by atoms with van der Waals surface area (Å²) < 4.78 is 5.06. The van der Waals surface area contributed by atoms with Crippen LogP contribution in [0.4, 0.5) is 0 Å². The van der Waals surface area contributed by atoms with Crippen molar-refractivity contribution < 1.29 is 4.42 Å². The molecule has 2 rings (SSSR count). The molecule has 2 unspecified atom stereocenters. The van der Waals surface area contributed by atoms with Crippen LogP contribution in [0.15, 0.2) is 23.0 Å². The zero-order valence-electron chi connectivity index (χ0n) is 10.7. The molecular formula is C14H24N2O. The highest BCUT2D eigenvalue weighted by molar-refractivity contribution is 5.04. The molecule has 1 saturated heterocycles. The predicted octanol–water partition coefficient (Wildman–Crippen LogP) is 2.68. The standard InChI is InChI=1S/C14H24N2O/c1-12(16-10-13-6-8-17-11-13)9-14-5-3-2-4-7-15-14/h6,8,11-12,14-16H,2-5,7,9-10H2,1H3. The SMILES string of the molecule is CC(CC1CCCCCN1)NCc1ccoc1. The zero-order valence-corrected chi connectivity index (χ0v) is 10.7. The van der Waals surface area contributed by atoms with Crippen LogP contribution in [0.3, 0.4) is 0 Å². The predicted molar refractivity (Wildman–Crippen MR) is 69.9 cm³/mol. The van der Waals surface area contributed by atoms with Crippen LogP contribution in [-0.2, 0) is 6.54 Å². The number of rotatable bonds is 5. The lowest BCUT2D eigenvalue weighted by Crippen LogP contribution is -2.36. The van der Waals surface area contributed by atoms with E-state index in [1.54, 1.807) is 6.26 Å². The van der Waals surface area contributed by atoms with Crippen LogP contribution in [0, 0.1) is 0 Å². The van der Waals surface area contributed by atoms with Gasteiger partial charge in [-0.05, 0) is 38.8 Å². The van der Waals surface area contributed by atoms with Crippen molar-refractivity contribution in [3.8, 4) is 0 Å². The van der Waals surface area contributed by atoms with E-state index in [-0.39, 0.29) is 0 Å². The van der Waals surface area contributed by atoms with Gasteiger partial charge in [0.1, 0.15) is 0 Å². The molecule has 0 saturated carbocycles. The van der Waals surface area contributed by atoms with Crippen molar-refractivity contribution in [2.24, 2.45) is 0 Å². The Balaban J connectivity index is 1.67. The fourth-order valence-electron chi connectivity index (χ4n) is 2.50. The molecule has 3 nitrogen and oxygen atoms in total. The average Bonchev–Trinajstić information content (AvgIpc) is 2.72. The van der Waals surface area contributed by atoms with Crippen molar-refractivity contribution in [2.75, 3.05) is 6.54 Å². The second-order valence-corrected chi connectivity index (χ2v) is 5.15. The maximum Gasteiger partial charge on any atom is 0.0947 e. The summed E-state index contributed by atoms with van der Waals surface area (Å²) in [6, 6.07) is 3.27. The lowest BCUT2D eigenvalue weighted by molar-refractivity contribution is 0.402. The zero-order chi connectivity index (χ0) is 11.9. The first-order valence-corrected chi connectivity index (χ1v) is 6.82. The fourth-order valence-corrected chi connectivity index (χ4v) is 2.50. The lowest BCUT2D eigenvalue weighted by atomic mass is 10.0. The van der Waals surface area contributed by atoms with Crippen LogP contribution in [0.2, 0.25) is 0 Å². The molecule has 2 N–H and O–H groups in total. The van der Waals surface area contributed by atoms with Crippen molar-refractivity contribution in [1.82, 2.24) is 10.6 Å². The molecule has 3 heteroatoms. The highest BCUT2D eigenvalue weighted by atomic mass is 16.3. The molecule has 2 heterocycles. The van der Waals surface area contributed by atoms with Crippen molar-refractivity contribution in [1.29, 1.82) is 0 Å². The van der Waals surface area contributed by atoms with E-state index in [0.717, 1.165) is 6.54 Å².